The molecule has 0 saturated heterocycles. The Morgan fingerprint density at radius 2 is 1.42 bits per heavy atom. The number of nitrogens with zero attached hydrogens (tertiary/aromatic N) is 2. The largest absolute Gasteiger partial charge is 0.453 e. The lowest BCUT2D eigenvalue weighted by molar-refractivity contribution is 0.613. The van der Waals surface area contributed by atoms with E-state index in [2.05, 4.69) is 40.8 Å². The van der Waals surface area contributed by atoms with Gasteiger partial charge in [-0.25, -0.2) is 4.98 Å². The van der Waals surface area contributed by atoms with Gasteiger partial charge >= 0.3 is 0 Å². The summed E-state index contributed by atoms with van der Waals surface area (Å²) in [5.41, 5.74) is 3.26. The zero-order valence-electron chi connectivity index (χ0n) is 20.7. The highest BCUT2D eigenvalue weighted by Gasteiger charge is 2.17. The Kier molecular flexibility index (Phi) is 5.54. The van der Waals surface area contributed by atoms with Crippen LogP contribution in [-0.2, 0) is 0 Å². The van der Waals surface area contributed by atoms with Crippen LogP contribution in [0.3, 0.4) is 0 Å². The number of benzene rings is 4. The normalized spacial score (nSPS) is 11.2. The Morgan fingerprint density at radius 3 is 2.13 bits per heavy atom. The molecule has 8 nitrogen and oxygen atoms in total. The Balaban J connectivity index is 1.47. The molecule has 0 atom stereocenters. The lowest BCUT2D eigenvalue weighted by atomic mass is 10.0. The second-order valence-corrected chi connectivity index (χ2v) is 8.94. The summed E-state index contributed by atoms with van der Waals surface area (Å²) in [5, 5.41) is 6.38. The number of hydrogen-bond donors (Lipinski definition) is 2. The maximum atomic E-state index is 12.9. The van der Waals surface area contributed by atoms with Gasteiger partial charge < -0.3 is 9.32 Å². The van der Waals surface area contributed by atoms with Crippen LogP contribution in [0.2, 0.25) is 0 Å². The van der Waals surface area contributed by atoms with Gasteiger partial charge in [0.15, 0.2) is 16.8 Å². The van der Waals surface area contributed by atoms with Crippen LogP contribution in [0.15, 0.2) is 79.5 Å². The van der Waals surface area contributed by atoms with E-state index in [0.29, 0.717) is 49.8 Å². The molecular formula is C30H22N4O4. The van der Waals surface area contributed by atoms with E-state index in [-0.39, 0.29) is 16.4 Å². The van der Waals surface area contributed by atoms with E-state index >= 15 is 0 Å². The number of nitrogens with one attached hydrogen (secondary N) is 2. The minimum absolute atomic E-state index is 0.157. The number of hydrogen-bond acceptors (Lipinski definition) is 6. The molecule has 6 rings (SSSR count). The van der Waals surface area contributed by atoms with Gasteiger partial charge in [-0.1, -0.05) is 11.8 Å². The number of aromatic nitrogens is 3. The van der Waals surface area contributed by atoms with Crippen LogP contribution in [0.5, 0.6) is 0 Å². The van der Waals surface area contributed by atoms with Gasteiger partial charge in [-0.15, -0.1) is 0 Å². The molecule has 0 bridgehead atoms. The van der Waals surface area contributed by atoms with Crippen LogP contribution in [0.1, 0.15) is 25.0 Å². The molecule has 0 amide bonds. The molecule has 0 saturated carbocycles. The van der Waals surface area contributed by atoms with E-state index in [0.717, 1.165) is 18.8 Å². The first kappa shape index (κ1) is 23.3. The molecule has 2 aliphatic rings. The van der Waals surface area contributed by atoms with Gasteiger partial charge in [0.2, 0.25) is 0 Å². The third kappa shape index (κ3) is 3.91. The van der Waals surface area contributed by atoms with Crippen LogP contribution in [0, 0.1) is 11.8 Å². The minimum Gasteiger partial charge on any atom is -0.453 e. The average Bonchev–Trinajstić information content (AvgIpc) is 2.93. The van der Waals surface area contributed by atoms with Gasteiger partial charge in [-0.3, -0.25) is 24.6 Å². The van der Waals surface area contributed by atoms with Gasteiger partial charge in [-0.2, -0.15) is 0 Å². The molecule has 1 aromatic heterocycles. The second-order valence-electron chi connectivity index (χ2n) is 8.94. The number of aromatic amines is 2. The Hall–Kier alpha value is -5.16. The number of fused-ring (bicyclic) bond motifs is 5. The van der Waals surface area contributed by atoms with Crippen LogP contribution in [0.25, 0.3) is 44.1 Å². The molecule has 4 aromatic rings. The Bertz CT molecular complexity index is 2090. The molecular weight excluding hydrogens is 480 g/mol. The molecule has 2 heterocycles. The van der Waals surface area contributed by atoms with Crippen LogP contribution < -0.4 is 21.4 Å². The number of anilines is 1. The molecule has 8 heteroatoms. The zero-order valence-corrected chi connectivity index (χ0v) is 20.7. The monoisotopic (exact) mass is 502 g/mol. The summed E-state index contributed by atoms with van der Waals surface area (Å²) in [6.07, 6.45) is 0. The average molecular weight is 503 g/mol. The van der Waals surface area contributed by atoms with Crippen molar-refractivity contribution in [3.05, 3.63) is 103 Å². The molecule has 0 radical (unpaired) electrons. The Labute approximate surface area is 215 Å². The predicted octanol–water partition coefficient (Wildman–Crippen LogP) is 4.22. The SMILES string of the molecule is CCN(CC)c1ccc2nc3c4cc(C#Cc5ccc6c(=O)[nH][nH]c(=O)c6c5)ccc4c(=O)cc-3oc2c1. The molecule has 0 unspecified atom stereocenters. The van der Waals surface area contributed by atoms with E-state index in [4.69, 9.17) is 9.40 Å². The highest BCUT2D eigenvalue weighted by Crippen LogP contribution is 2.32. The third-order valence-electron chi connectivity index (χ3n) is 6.71. The number of H-pyrrole nitrogens is 2. The van der Waals surface area contributed by atoms with Gasteiger partial charge in [0.25, 0.3) is 11.1 Å². The Morgan fingerprint density at radius 1 is 0.763 bits per heavy atom. The summed E-state index contributed by atoms with van der Waals surface area (Å²) in [7, 11) is 0. The van der Waals surface area contributed by atoms with Gasteiger partial charge in [-0.05, 0) is 62.4 Å². The fourth-order valence-corrected chi connectivity index (χ4v) is 4.73. The van der Waals surface area contributed by atoms with Crippen molar-refractivity contribution in [3.8, 4) is 23.3 Å². The molecule has 0 spiro atoms. The molecule has 186 valence electrons. The molecule has 38 heavy (non-hydrogen) atoms. The van der Waals surface area contributed by atoms with Crippen molar-refractivity contribution in [2.45, 2.75) is 13.8 Å². The van der Waals surface area contributed by atoms with Crippen LogP contribution >= 0.6 is 0 Å². The standard InChI is InChI=1S/C30H22N4O4/c1-3-34(4-2)19-9-12-24-26(15-19)38-27-16-25(35)20-10-7-17(13-22(20)28(27)31-24)5-6-18-8-11-21-23(14-18)30(37)33-32-29(21)36/h7-16H,3-4H2,1-2H3,(H,32,36)(H,33,37). The summed E-state index contributed by atoms with van der Waals surface area (Å²) in [4.78, 5) is 44.0. The van der Waals surface area contributed by atoms with Crippen molar-refractivity contribution in [1.82, 2.24) is 15.2 Å². The van der Waals surface area contributed by atoms with Crippen molar-refractivity contribution >= 4 is 38.3 Å². The quantitative estimate of drug-likeness (QED) is 0.213. The first-order valence-corrected chi connectivity index (χ1v) is 12.3. The van der Waals surface area contributed by atoms with Crippen molar-refractivity contribution in [1.29, 1.82) is 0 Å². The summed E-state index contributed by atoms with van der Waals surface area (Å²) in [6.45, 7) is 5.94. The van der Waals surface area contributed by atoms with E-state index in [1.54, 1.807) is 30.3 Å². The lowest BCUT2D eigenvalue weighted by Crippen LogP contribution is -2.21. The lowest BCUT2D eigenvalue weighted by Gasteiger charge is -2.21. The smallest absolute Gasteiger partial charge is 0.270 e. The van der Waals surface area contributed by atoms with E-state index in [1.165, 1.54) is 6.07 Å². The van der Waals surface area contributed by atoms with E-state index in [1.807, 2.05) is 24.3 Å². The minimum atomic E-state index is -0.394. The van der Waals surface area contributed by atoms with Crippen molar-refractivity contribution in [2.75, 3.05) is 18.0 Å². The summed E-state index contributed by atoms with van der Waals surface area (Å²) in [6, 6.07) is 17.6. The van der Waals surface area contributed by atoms with Crippen LogP contribution in [-0.4, -0.2) is 28.3 Å². The second kappa shape index (κ2) is 9.05. The maximum Gasteiger partial charge on any atom is 0.270 e. The van der Waals surface area contributed by atoms with Gasteiger partial charge in [0, 0.05) is 52.8 Å². The summed E-state index contributed by atoms with van der Waals surface area (Å²) in [5.74, 6) is 6.55. The zero-order chi connectivity index (χ0) is 26.4. The molecule has 1 aliphatic carbocycles. The molecule has 2 N–H and O–H groups in total. The summed E-state index contributed by atoms with van der Waals surface area (Å²) < 4.78 is 6.16. The first-order valence-electron chi connectivity index (χ1n) is 12.3. The first-order chi connectivity index (χ1) is 18.4. The van der Waals surface area contributed by atoms with Gasteiger partial charge in [0.1, 0.15) is 11.2 Å². The highest BCUT2D eigenvalue weighted by atomic mass is 16.3. The van der Waals surface area contributed by atoms with Crippen molar-refractivity contribution in [3.63, 3.8) is 0 Å². The van der Waals surface area contributed by atoms with E-state index < -0.39 is 5.56 Å². The van der Waals surface area contributed by atoms with Crippen molar-refractivity contribution < 1.29 is 4.42 Å². The molecule has 1 aliphatic heterocycles. The predicted molar refractivity (Wildman–Crippen MR) is 149 cm³/mol. The van der Waals surface area contributed by atoms with Crippen molar-refractivity contribution in [2.24, 2.45) is 0 Å². The third-order valence-corrected chi connectivity index (χ3v) is 6.71. The maximum absolute atomic E-state index is 12.9. The fraction of sp³-hybridized carbons (Fsp3) is 0.133. The summed E-state index contributed by atoms with van der Waals surface area (Å²) >= 11 is 0. The van der Waals surface area contributed by atoms with Gasteiger partial charge in [0.05, 0.1) is 10.8 Å². The molecule has 3 aromatic carbocycles. The topological polar surface area (TPSA) is 112 Å². The fourth-order valence-electron chi connectivity index (χ4n) is 4.73. The molecule has 0 fully saturated rings. The highest BCUT2D eigenvalue weighted by molar-refractivity contribution is 5.97. The number of rotatable bonds is 3. The van der Waals surface area contributed by atoms with Crippen LogP contribution in [0.4, 0.5) is 5.69 Å². The van der Waals surface area contributed by atoms with E-state index in [9.17, 15) is 14.4 Å².